The first-order valence-corrected chi connectivity index (χ1v) is 9.52. The smallest absolute Gasteiger partial charge is 0.311 e. The molecule has 0 amide bonds. The first-order chi connectivity index (χ1) is 14.5. The number of aliphatic hydroxyl groups excluding tert-OH is 1. The number of hydrogen-bond acceptors (Lipinski definition) is 6. The molecule has 8 nitrogen and oxygen atoms in total. The molecule has 1 unspecified atom stereocenters. The van der Waals surface area contributed by atoms with Crippen LogP contribution in [0.15, 0.2) is 60.7 Å². The van der Waals surface area contributed by atoms with Crippen molar-refractivity contribution in [3.8, 4) is 11.5 Å². The molecule has 4 rings (SSSR count). The van der Waals surface area contributed by atoms with Crippen LogP contribution in [0.3, 0.4) is 0 Å². The van der Waals surface area contributed by atoms with Gasteiger partial charge in [-0.2, -0.15) is 0 Å². The van der Waals surface area contributed by atoms with Crippen molar-refractivity contribution in [2.45, 2.75) is 6.10 Å². The standard InChI is InChI=1S/C22H21N3O5/c26-21-8-5-14(11-20(21)25(28)29)22(27)13-23-9-10-30-15-6-7-17-16-3-1-2-4-18(16)24-19(17)12-15/h1-8,11-12,22-24,26-27H,9-10,13H2. The number of phenolic OH excluding ortho intramolecular Hbond substituents is 1. The van der Waals surface area contributed by atoms with Crippen LogP contribution in [-0.4, -0.2) is 39.8 Å². The highest BCUT2D eigenvalue weighted by Gasteiger charge is 2.17. The first-order valence-electron chi connectivity index (χ1n) is 9.52. The van der Waals surface area contributed by atoms with Crippen molar-refractivity contribution in [1.82, 2.24) is 10.3 Å². The van der Waals surface area contributed by atoms with Gasteiger partial charge in [-0.25, -0.2) is 0 Å². The Balaban J connectivity index is 1.29. The third kappa shape index (κ3) is 4.05. The second kappa shape index (κ2) is 8.40. The van der Waals surface area contributed by atoms with E-state index in [2.05, 4.69) is 16.4 Å². The minimum Gasteiger partial charge on any atom is -0.502 e. The van der Waals surface area contributed by atoms with Gasteiger partial charge in [0, 0.05) is 41.5 Å². The number of aliphatic hydroxyl groups is 1. The normalized spacial score (nSPS) is 12.3. The van der Waals surface area contributed by atoms with Gasteiger partial charge in [-0.1, -0.05) is 24.3 Å². The minimum atomic E-state index is -0.938. The van der Waals surface area contributed by atoms with Gasteiger partial charge in [0.2, 0.25) is 0 Å². The highest BCUT2D eigenvalue weighted by molar-refractivity contribution is 6.07. The number of rotatable bonds is 8. The molecule has 4 N–H and O–H groups in total. The van der Waals surface area contributed by atoms with E-state index >= 15 is 0 Å². The van der Waals surface area contributed by atoms with Crippen molar-refractivity contribution in [1.29, 1.82) is 0 Å². The molecular weight excluding hydrogens is 386 g/mol. The Labute approximate surface area is 171 Å². The van der Waals surface area contributed by atoms with E-state index in [0.717, 1.165) is 22.2 Å². The van der Waals surface area contributed by atoms with Gasteiger partial charge in [0.05, 0.1) is 16.5 Å². The zero-order valence-electron chi connectivity index (χ0n) is 16.0. The van der Waals surface area contributed by atoms with Crippen LogP contribution in [0, 0.1) is 10.1 Å². The summed E-state index contributed by atoms with van der Waals surface area (Å²) in [6.45, 7) is 1.09. The largest absolute Gasteiger partial charge is 0.502 e. The third-order valence-electron chi connectivity index (χ3n) is 4.94. The number of H-pyrrole nitrogens is 1. The van der Waals surface area contributed by atoms with Gasteiger partial charge in [-0.15, -0.1) is 0 Å². The summed E-state index contributed by atoms with van der Waals surface area (Å²) in [6, 6.07) is 17.9. The predicted octanol–water partition coefficient (Wildman–Crippen LogP) is 3.64. The van der Waals surface area contributed by atoms with Crippen molar-refractivity contribution >= 4 is 27.5 Å². The van der Waals surface area contributed by atoms with Crippen LogP contribution in [-0.2, 0) is 0 Å². The van der Waals surface area contributed by atoms with E-state index in [0.29, 0.717) is 18.7 Å². The van der Waals surface area contributed by atoms with Crippen LogP contribution in [0.25, 0.3) is 21.8 Å². The number of hydrogen-bond donors (Lipinski definition) is 4. The van der Waals surface area contributed by atoms with Crippen LogP contribution >= 0.6 is 0 Å². The van der Waals surface area contributed by atoms with Gasteiger partial charge in [-0.05, 0) is 29.8 Å². The number of aromatic nitrogens is 1. The molecule has 3 aromatic carbocycles. The quantitative estimate of drug-likeness (QED) is 0.201. The van der Waals surface area contributed by atoms with E-state index in [4.69, 9.17) is 4.74 Å². The average molecular weight is 407 g/mol. The van der Waals surface area contributed by atoms with Gasteiger partial charge in [-0.3, -0.25) is 10.1 Å². The molecule has 0 bridgehead atoms. The number of para-hydroxylation sites is 1. The lowest BCUT2D eigenvalue weighted by molar-refractivity contribution is -0.386. The molecule has 8 heteroatoms. The summed E-state index contributed by atoms with van der Waals surface area (Å²) in [5.74, 6) is 0.315. The van der Waals surface area contributed by atoms with Crippen molar-refractivity contribution in [2.24, 2.45) is 0 Å². The van der Waals surface area contributed by atoms with Crippen molar-refractivity contribution in [2.75, 3.05) is 19.7 Å². The summed E-state index contributed by atoms with van der Waals surface area (Å²) in [5, 5.41) is 36.0. The van der Waals surface area contributed by atoms with Crippen LogP contribution in [0.5, 0.6) is 11.5 Å². The molecule has 0 aliphatic heterocycles. The second-order valence-electron chi connectivity index (χ2n) is 6.95. The van der Waals surface area contributed by atoms with Crippen LogP contribution in [0.2, 0.25) is 0 Å². The number of fused-ring (bicyclic) bond motifs is 3. The zero-order valence-corrected chi connectivity index (χ0v) is 16.0. The van der Waals surface area contributed by atoms with Gasteiger partial charge in [0.15, 0.2) is 5.75 Å². The highest BCUT2D eigenvalue weighted by Crippen LogP contribution is 2.29. The number of phenols is 1. The predicted molar refractivity (Wildman–Crippen MR) is 114 cm³/mol. The molecule has 0 aliphatic carbocycles. The lowest BCUT2D eigenvalue weighted by atomic mass is 10.1. The number of nitro groups is 1. The lowest BCUT2D eigenvalue weighted by Gasteiger charge is -2.13. The fourth-order valence-corrected chi connectivity index (χ4v) is 3.42. The Morgan fingerprint density at radius 1 is 1.07 bits per heavy atom. The van der Waals surface area contributed by atoms with Gasteiger partial charge >= 0.3 is 5.69 Å². The molecule has 30 heavy (non-hydrogen) atoms. The fraction of sp³-hybridized carbons (Fsp3) is 0.182. The van der Waals surface area contributed by atoms with E-state index in [-0.39, 0.29) is 6.54 Å². The summed E-state index contributed by atoms with van der Waals surface area (Å²) in [4.78, 5) is 13.6. The molecule has 0 fully saturated rings. The molecule has 0 saturated heterocycles. The van der Waals surface area contributed by atoms with Crippen molar-refractivity contribution < 1.29 is 19.9 Å². The summed E-state index contributed by atoms with van der Waals surface area (Å²) in [5.41, 5.74) is 2.01. The van der Waals surface area contributed by atoms with Crippen LogP contribution < -0.4 is 10.1 Å². The summed E-state index contributed by atoms with van der Waals surface area (Å²) in [7, 11) is 0. The van der Waals surface area contributed by atoms with Gasteiger partial charge in [0.25, 0.3) is 0 Å². The van der Waals surface area contributed by atoms with E-state index in [1.165, 1.54) is 23.6 Å². The molecule has 0 aliphatic rings. The lowest BCUT2D eigenvalue weighted by Crippen LogP contribution is -2.26. The Morgan fingerprint density at radius 3 is 2.70 bits per heavy atom. The Morgan fingerprint density at radius 2 is 1.87 bits per heavy atom. The Hall–Kier alpha value is -3.62. The number of nitrogens with one attached hydrogen (secondary N) is 2. The molecule has 0 saturated carbocycles. The van der Waals surface area contributed by atoms with Crippen LogP contribution in [0.1, 0.15) is 11.7 Å². The maximum atomic E-state index is 10.9. The number of aromatic amines is 1. The SMILES string of the molecule is O=[N+]([O-])c1cc(C(O)CNCCOc2ccc3c(c2)[nH]c2ccccc23)ccc1O. The summed E-state index contributed by atoms with van der Waals surface area (Å²) >= 11 is 0. The maximum Gasteiger partial charge on any atom is 0.311 e. The number of nitro benzene ring substituents is 1. The summed E-state index contributed by atoms with van der Waals surface area (Å²) in [6.07, 6.45) is -0.938. The number of nitrogens with zero attached hydrogens (tertiary/aromatic N) is 1. The third-order valence-corrected chi connectivity index (χ3v) is 4.94. The first kappa shape index (κ1) is 19.7. The number of aromatic hydroxyl groups is 1. The molecule has 1 heterocycles. The average Bonchev–Trinajstić information content (AvgIpc) is 3.11. The van der Waals surface area contributed by atoms with Gasteiger partial charge < -0.3 is 25.3 Å². The van der Waals surface area contributed by atoms with Gasteiger partial charge in [0.1, 0.15) is 12.4 Å². The minimum absolute atomic E-state index is 0.201. The second-order valence-corrected chi connectivity index (χ2v) is 6.95. The van der Waals surface area contributed by atoms with E-state index in [9.17, 15) is 20.3 Å². The number of ether oxygens (including phenoxy) is 1. The molecular formula is C22H21N3O5. The van der Waals surface area contributed by atoms with E-state index in [1.807, 2.05) is 36.4 Å². The topological polar surface area (TPSA) is 121 Å². The summed E-state index contributed by atoms with van der Waals surface area (Å²) < 4.78 is 5.78. The molecule has 0 radical (unpaired) electrons. The zero-order chi connectivity index (χ0) is 21.1. The van der Waals surface area contributed by atoms with E-state index < -0.39 is 22.5 Å². The molecule has 0 spiro atoms. The number of benzene rings is 3. The maximum absolute atomic E-state index is 10.9. The molecule has 1 aromatic heterocycles. The van der Waals surface area contributed by atoms with Crippen molar-refractivity contribution in [3.05, 3.63) is 76.3 Å². The molecule has 1 atom stereocenters. The fourth-order valence-electron chi connectivity index (χ4n) is 3.42. The van der Waals surface area contributed by atoms with Crippen molar-refractivity contribution in [3.63, 3.8) is 0 Å². The highest BCUT2D eigenvalue weighted by atomic mass is 16.6. The Bertz CT molecular complexity index is 1200. The van der Waals surface area contributed by atoms with Crippen LogP contribution in [0.4, 0.5) is 5.69 Å². The van der Waals surface area contributed by atoms with E-state index in [1.54, 1.807) is 0 Å². The molecule has 154 valence electrons. The monoisotopic (exact) mass is 407 g/mol. The Kier molecular flexibility index (Phi) is 5.51. The molecule has 4 aromatic rings.